The van der Waals surface area contributed by atoms with Gasteiger partial charge in [0.1, 0.15) is 5.75 Å². The minimum atomic E-state index is -0.568. The van der Waals surface area contributed by atoms with Gasteiger partial charge in [0.15, 0.2) is 0 Å². The first-order chi connectivity index (χ1) is 12.5. The number of pyridine rings is 1. The second-order valence-electron chi connectivity index (χ2n) is 5.55. The van der Waals surface area contributed by atoms with Crippen molar-refractivity contribution in [3.8, 4) is 5.75 Å². The Morgan fingerprint density at radius 3 is 2.59 bits per heavy atom. The van der Waals surface area contributed by atoms with E-state index in [0.717, 1.165) is 16.9 Å². The number of thiophene rings is 1. The van der Waals surface area contributed by atoms with E-state index in [0.29, 0.717) is 22.7 Å². The summed E-state index contributed by atoms with van der Waals surface area (Å²) in [4.78, 5) is 26.4. The summed E-state index contributed by atoms with van der Waals surface area (Å²) in [5.74, 6) is -0.392. The smallest absolute Gasteiger partial charge is 0.259 e. The number of primary amides is 1. The van der Waals surface area contributed by atoms with Crippen LogP contribution in [0.25, 0.3) is 0 Å². The van der Waals surface area contributed by atoms with E-state index in [9.17, 15) is 14.7 Å². The zero-order chi connectivity index (χ0) is 18.7. The highest BCUT2D eigenvalue weighted by molar-refractivity contribution is 7.12. The zero-order valence-corrected chi connectivity index (χ0v) is 14.4. The lowest BCUT2D eigenvalue weighted by Gasteiger charge is -2.11. The van der Waals surface area contributed by atoms with Crippen LogP contribution in [-0.4, -0.2) is 21.7 Å². The normalized spacial score (nSPS) is 10.1. The molecule has 0 radical (unpaired) electrons. The Morgan fingerprint density at radius 1 is 1.26 bits per heavy atom. The largest absolute Gasteiger partial charge is 0.508 e. The lowest BCUT2D eigenvalue weighted by atomic mass is 10.0. The number of anilines is 1. The van der Waals surface area contributed by atoms with Gasteiger partial charge in [-0.3, -0.25) is 15.0 Å². The molecular weight excluding hydrogens is 364 g/mol. The molecule has 1 aromatic carbocycles. The Labute approximate surface area is 160 Å². The predicted octanol–water partition coefficient (Wildman–Crippen LogP) is 2.91. The summed E-state index contributed by atoms with van der Waals surface area (Å²) < 4.78 is 0. The van der Waals surface area contributed by atoms with Crippen LogP contribution < -0.4 is 16.6 Å². The molecule has 0 aliphatic heterocycles. The van der Waals surface area contributed by atoms with Crippen LogP contribution in [0.1, 0.15) is 33.8 Å². The van der Waals surface area contributed by atoms with Crippen molar-refractivity contribution in [2.45, 2.75) is 14.0 Å². The number of hydrogen-bond donors (Lipinski definition) is 5. The molecule has 3 aromatic rings. The number of rotatable bonds is 6. The van der Waals surface area contributed by atoms with Gasteiger partial charge >= 0.3 is 0 Å². The minimum Gasteiger partial charge on any atom is -0.508 e. The third kappa shape index (κ3) is 4.42. The first-order valence-electron chi connectivity index (χ1n) is 7.67. The topological polar surface area (TPSA) is 132 Å². The molecule has 0 saturated heterocycles. The van der Waals surface area contributed by atoms with Crippen LogP contribution in [0, 0.1) is 5.41 Å². The maximum atomic E-state index is 12.3. The SMILES string of the molecule is C.N=C(c1csc(C(N)=O)c1)c1c(NCc2ccc(O)cc2)cc[nH]c1=O. The number of hydrogen-bond acceptors (Lipinski definition) is 6. The van der Waals surface area contributed by atoms with Crippen LogP contribution in [0.5, 0.6) is 5.75 Å². The summed E-state index contributed by atoms with van der Waals surface area (Å²) in [5, 5.41) is 22.5. The van der Waals surface area contributed by atoms with Crippen LogP contribution in [0.3, 0.4) is 0 Å². The molecule has 0 fully saturated rings. The van der Waals surface area contributed by atoms with Gasteiger partial charge < -0.3 is 21.1 Å². The molecule has 6 N–H and O–H groups in total. The molecule has 0 spiro atoms. The van der Waals surface area contributed by atoms with Crippen molar-refractivity contribution in [2.24, 2.45) is 5.73 Å². The lowest BCUT2D eigenvalue weighted by molar-refractivity contribution is 0.100. The molecule has 0 aliphatic rings. The summed E-state index contributed by atoms with van der Waals surface area (Å²) in [6, 6.07) is 9.86. The summed E-state index contributed by atoms with van der Waals surface area (Å²) >= 11 is 1.13. The minimum absolute atomic E-state index is 0. The van der Waals surface area contributed by atoms with Crippen LogP contribution in [0.4, 0.5) is 5.69 Å². The Hall–Kier alpha value is -3.39. The molecule has 2 heterocycles. The van der Waals surface area contributed by atoms with E-state index < -0.39 is 11.5 Å². The highest BCUT2D eigenvalue weighted by Crippen LogP contribution is 2.21. The van der Waals surface area contributed by atoms with E-state index in [4.69, 9.17) is 11.1 Å². The fourth-order valence-corrected chi connectivity index (χ4v) is 3.18. The van der Waals surface area contributed by atoms with E-state index in [2.05, 4.69) is 10.3 Å². The van der Waals surface area contributed by atoms with Gasteiger partial charge in [-0.05, 0) is 29.8 Å². The van der Waals surface area contributed by atoms with Gasteiger partial charge in [-0.2, -0.15) is 0 Å². The van der Waals surface area contributed by atoms with Crippen molar-refractivity contribution < 1.29 is 9.90 Å². The second kappa shape index (κ2) is 8.33. The molecule has 0 bridgehead atoms. The number of phenolic OH excluding ortho intramolecular Hbond substituents is 1. The van der Waals surface area contributed by atoms with Crippen LogP contribution in [0.15, 0.2) is 52.8 Å². The van der Waals surface area contributed by atoms with Crippen molar-refractivity contribution in [1.29, 1.82) is 5.41 Å². The number of nitrogens with two attached hydrogens (primary N) is 1. The first-order valence-corrected chi connectivity index (χ1v) is 8.55. The van der Waals surface area contributed by atoms with Crippen LogP contribution >= 0.6 is 11.3 Å². The van der Waals surface area contributed by atoms with E-state index in [1.807, 2.05) is 0 Å². The van der Waals surface area contributed by atoms with E-state index in [1.54, 1.807) is 35.7 Å². The van der Waals surface area contributed by atoms with Gasteiger partial charge in [-0.15, -0.1) is 11.3 Å². The average molecular weight is 384 g/mol. The average Bonchev–Trinajstić information content (AvgIpc) is 3.11. The van der Waals surface area contributed by atoms with E-state index in [1.165, 1.54) is 12.3 Å². The first kappa shape index (κ1) is 19.9. The standard InChI is InChI=1S/C18H16N4O3S.CH4/c19-16(11-7-14(17(20)24)26-9-11)15-13(5-6-21-18(15)25)22-8-10-1-3-12(23)4-2-10;/h1-7,9,19,23H,8H2,(H2,20,24)(H2,21,22,25);1H4. The highest BCUT2D eigenvalue weighted by atomic mass is 32.1. The summed E-state index contributed by atoms with van der Waals surface area (Å²) in [6.07, 6.45) is 1.50. The molecule has 2 aromatic heterocycles. The fraction of sp³-hybridized carbons (Fsp3) is 0.105. The van der Waals surface area contributed by atoms with Crippen LogP contribution in [0.2, 0.25) is 0 Å². The molecule has 1 amide bonds. The second-order valence-corrected chi connectivity index (χ2v) is 6.47. The quantitative estimate of drug-likeness (QED) is 0.418. The molecule has 0 saturated carbocycles. The van der Waals surface area contributed by atoms with Crippen molar-refractivity contribution in [1.82, 2.24) is 4.98 Å². The number of aromatic amines is 1. The Balaban J connectivity index is 0.00000261. The third-order valence-electron chi connectivity index (χ3n) is 3.76. The van der Waals surface area contributed by atoms with Gasteiger partial charge in [0, 0.05) is 23.7 Å². The van der Waals surface area contributed by atoms with E-state index in [-0.39, 0.29) is 24.5 Å². The number of phenols is 1. The number of nitrogens with one attached hydrogen (secondary N) is 3. The third-order valence-corrected chi connectivity index (χ3v) is 4.71. The van der Waals surface area contributed by atoms with Gasteiger partial charge in [0.25, 0.3) is 11.5 Å². The molecule has 3 rings (SSSR count). The van der Waals surface area contributed by atoms with Crippen molar-refractivity contribution in [3.05, 3.63) is 79.9 Å². The predicted molar refractivity (Wildman–Crippen MR) is 108 cm³/mol. The molecular formula is C19H20N4O3S. The maximum Gasteiger partial charge on any atom is 0.259 e. The number of aromatic hydroxyl groups is 1. The van der Waals surface area contributed by atoms with Gasteiger partial charge in [0.05, 0.1) is 21.8 Å². The number of aromatic nitrogens is 1. The molecule has 8 heteroatoms. The maximum absolute atomic E-state index is 12.3. The fourth-order valence-electron chi connectivity index (χ4n) is 2.43. The van der Waals surface area contributed by atoms with Crippen molar-refractivity contribution in [3.63, 3.8) is 0 Å². The Bertz CT molecular complexity index is 1020. The Morgan fingerprint density at radius 2 is 1.96 bits per heavy atom. The molecule has 140 valence electrons. The summed E-state index contributed by atoms with van der Waals surface area (Å²) in [5.41, 5.74) is 6.89. The molecule has 0 unspecified atom stereocenters. The van der Waals surface area contributed by atoms with E-state index >= 15 is 0 Å². The monoisotopic (exact) mass is 384 g/mol. The van der Waals surface area contributed by atoms with Gasteiger partial charge in [-0.1, -0.05) is 19.6 Å². The lowest BCUT2D eigenvalue weighted by Crippen LogP contribution is -2.21. The molecule has 0 aliphatic carbocycles. The number of H-pyrrole nitrogens is 1. The number of amides is 1. The highest BCUT2D eigenvalue weighted by Gasteiger charge is 2.17. The molecule has 0 atom stereocenters. The molecule has 27 heavy (non-hydrogen) atoms. The van der Waals surface area contributed by atoms with Crippen molar-refractivity contribution in [2.75, 3.05) is 5.32 Å². The van der Waals surface area contributed by atoms with Crippen molar-refractivity contribution >= 4 is 28.6 Å². The number of carbonyl (C=O) groups is 1. The number of carbonyl (C=O) groups excluding carboxylic acids is 1. The van der Waals surface area contributed by atoms with Gasteiger partial charge in [-0.25, -0.2) is 0 Å². The van der Waals surface area contributed by atoms with Gasteiger partial charge in [0.2, 0.25) is 0 Å². The summed E-state index contributed by atoms with van der Waals surface area (Å²) in [6.45, 7) is 0.417. The Kier molecular flexibility index (Phi) is 6.15. The zero-order valence-electron chi connectivity index (χ0n) is 13.6. The van der Waals surface area contributed by atoms with Crippen LogP contribution in [-0.2, 0) is 6.54 Å². The number of benzene rings is 1. The molecule has 7 nitrogen and oxygen atoms in total. The summed E-state index contributed by atoms with van der Waals surface area (Å²) in [7, 11) is 0.